The largest absolute Gasteiger partial charge is 0.481 e. The van der Waals surface area contributed by atoms with Crippen molar-refractivity contribution in [2.75, 3.05) is 0 Å². The first-order chi connectivity index (χ1) is 14.7. The van der Waals surface area contributed by atoms with E-state index in [0.29, 0.717) is 6.42 Å². The zero-order valence-corrected chi connectivity index (χ0v) is 16.6. The quantitative estimate of drug-likeness (QED) is 0.539. The first-order valence-electron chi connectivity index (χ1n) is 10.3. The molecule has 30 heavy (non-hydrogen) atoms. The van der Waals surface area contributed by atoms with Crippen molar-refractivity contribution in [2.24, 2.45) is 0 Å². The van der Waals surface area contributed by atoms with Crippen LogP contribution in [0.3, 0.4) is 0 Å². The number of rotatable bonds is 5. The first kappa shape index (κ1) is 18.4. The molecule has 1 unspecified atom stereocenters. The fourth-order valence-electron chi connectivity index (χ4n) is 4.79. The summed E-state index contributed by atoms with van der Waals surface area (Å²) < 4.78 is 0. The Morgan fingerprint density at radius 1 is 0.833 bits per heavy atom. The van der Waals surface area contributed by atoms with Gasteiger partial charge in [-0.15, -0.1) is 0 Å². The highest BCUT2D eigenvalue weighted by molar-refractivity contribution is 6.02. The number of hydrogen-bond acceptors (Lipinski definition) is 1. The van der Waals surface area contributed by atoms with Crippen LogP contribution in [0.2, 0.25) is 0 Å². The SMILES string of the molecule is O=C(O)CCC1(c2ccccc2)C=CC=C2C1=Cc1c2cccc1-c1ccccc1. The van der Waals surface area contributed by atoms with Gasteiger partial charge in [0.05, 0.1) is 0 Å². The Kier molecular flexibility index (Phi) is 4.48. The molecule has 2 heteroatoms. The van der Waals surface area contributed by atoms with Crippen LogP contribution in [0.25, 0.3) is 22.8 Å². The summed E-state index contributed by atoms with van der Waals surface area (Å²) >= 11 is 0. The molecule has 0 bridgehead atoms. The molecule has 0 fully saturated rings. The van der Waals surface area contributed by atoms with Crippen LogP contribution in [0.5, 0.6) is 0 Å². The summed E-state index contributed by atoms with van der Waals surface area (Å²) in [5.74, 6) is -0.768. The predicted octanol–water partition coefficient (Wildman–Crippen LogP) is 6.51. The molecule has 2 aliphatic rings. The van der Waals surface area contributed by atoms with Gasteiger partial charge < -0.3 is 5.11 Å². The maximum atomic E-state index is 11.5. The molecule has 0 amide bonds. The summed E-state index contributed by atoms with van der Waals surface area (Å²) in [5, 5.41) is 9.45. The van der Waals surface area contributed by atoms with Crippen molar-refractivity contribution >= 4 is 17.6 Å². The third kappa shape index (κ3) is 2.93. The Bertz CT molecular complexity index is 1200. The molecule has 5 rings (SSSR count). The number of benzene rings is 3. The van der Waals surface area contributed by atoms with E-state index in [1.54, 1.807) is 0 Å². The van der Waals surface area contributed by atoms with Crippen LogP contribution in [0.15, 0.2) is 103 Å². The van der Waals surface area contributed by atoms with Crippen molar-refractivity contribution in [1.82, 2.24) is 0 Å². The third-order valence-corrected chi connectivity index (χ3v) is 6.21. The number of fused-ring (bicyclic) bond motifs is 3. The van der Waals surface area contributed by atoms with Crippen LogP contribution in [-0.4, -0.2) is 11.1 Å². The molecule has 0 radical (unpaired) electrons. The van der Waals surface area contributed by atoms with Crippen molar-refractivity contribution in [3.8, 4) is 11.1 Å². The van der Waals surface area contributed by atoms with Gasteiger partial charge in [-0.2, -0.15) is 0 Å². The molecule has 0 heterocycles. The molecule has 0 saturated heterocycles. The van der Waals surface area contributed by atoms with Crippen LogP contribution in [0.4, 0.5) is 0 Å². The van der Waals surface area contributed by atoms with Crippen LogP contribution < -0.4 is 0 Å². The smallest absolute Gasteiger partial charge is 0.303 e. The van der Waals surface area contributed by atoms with E-state index in [-0.39, 0.29) is 6.42 Å². The molecular formula is C28H22O2. The van der Waals surface area contributed by atoms with E-state index in [0.717, 1.165) is 5.56 Å². The minimum absolute atomic E-state index is 0.117. The van der Waals surface area contributed by atoms with Gasteiger partial charge in [0.2, 0.25) is 0 Å². The number of carboxylic acid groups (broad SMARTS) is 1. The Balaban J connectivity index is 1.70. The van der Waals surface area contributed by atoms with Gasteiger partial charge in [-0.3, -0.25) is 4.79 Å². The molecule has 146 valence electrons. The normalized spacial score (nSPS) is 18.9. The molecule has 0 saturated carbocycles. The summed E-state index contributed by atoms with van der Waals surface area (Å²) in [7, 11) is 0. The molecule has 1 atom stereocenters. The van der Waals surface area contributed by atoms with E-state index in [1.807, 2.05) is 24.3 Å². The molecule has 0 spiro atoms. The third-order valence-electron chi connectivity index (χ3n) is 6.21. The molecule has 2 aliphatic carbocycles. The lowest BCUT2D eigenvalue weighted by Gasteiger charge is -2.36. The van der Waals surface area contributed by atoms with Crippen LogP contribution in [-0.2, 0) is 10.2 Å². The van der Waals surface area contributed by atoms with E-state index in [1.165, 1.54) is 33.4 Å². The minimum atomic E-state index is -0.768. The molecule has 3 aromatic carbocycles. The summed E-state index contributed by atoms with van der Waals surface area (Å²) in [6, 6.07) is 27.1. The number of carbonyl (C=O) groups is 1. The van der Waals surface area contributed by atoms with Crippen LogP contribution in [0.1, 0.15) is 29.5 Å². The lowest BCUT2D eigenvalue weighted by molar-refractivity contribution is -0.137. The highest BCUT2D eigenvalue weighted by atomic mass is 16.4. The number of aliphatic carboxylic acids is 1. The van der Waals surface area contributed by atoms with Gasteiger partial charge in [-0.25, -0.2) is 0 Å². The van der Waals surface area contributed by atoms with Gasteiger partial charge in [0.25, 0.3) is 0 Å². The predicted molar refractivity (Wildman–Crippen MR) is 122 cm³/mol. The monoisotopic (exact) mass is 390 g/mol. The maximum absolute atomic E-state index is 11.5. The second-order valence-electron chi connectivity index (χ2n) is 7.86. The summed E-state index contributed by atoms with van der Waals surface area (Å²) in [6.45, 7) is 0. The molecular weight excluding hydrogens is 368 g/mol. The van der Waals surface area contributed by atoms with Crippen molar-refractivity contribution in [2.45, 2.75) is 18.3 Å². The fraction of sp³-hybridized carbons (Fsp3) is 0.107. The van der Waals surface area contributed by atoms with E-state index in [2.05, 4.69) is 78.9 Å². The molecule has 1 N–H and O–H groups in total. The Morgan fingerprint density at radius 2 is 1.53 bits per heavy atom. The van der Waals surface area contributed by atoms with Gasteiger partial charge in [0, 0.05) is 11.8 Å². The number of allylic oxidation sites excluding steroid dienone is 5. The Labute approximate surface area is 176 Å². The molecule has 2 nitrogen and oxygen atoms in total. The van der Waals surface area contributed by atoms with Gasteiger partial charge in [-0.1, -0.05) is 97.1 Å². The zero-order valence-electron chi connectivity index (χ0n) is 16.6. The van der Waals surface area contributed by atoms with Gasteiger partial charge in [-0.05, 0) is 51.5 Å². The number of hydrogen-bond donors (Lipinski definition) is 1. The second kappa shape index (κ2) is 7.31. The molecule has 3 aromatic rings. The second-order valence-corrected chi connectivity index (χ2v) is 7.86. The summed E-state index contributed by atoms with van der Waals surface area (Å²) in [6.07, 6.45) is 9.35. The van der Waals surface area contributed by atoms with Crippen LogP contribution >= 0.6 is 0 Å². The zero-order chi connectivity index (χ0) is 20.6. The van der Waals surface area contributed by atoms with E-state index >= 15 is 0 Å². The van der Waals surface area contributed by atoms with Crippen LogP contribution in [0, 0.1) is 0 Å². The van der Waals surface area contributed by atoms with Gasteiger partial charge in [0.1, 0.15) is 0 Å². The van der Waals surface area contributed by atoms with Gasteiger partial charge >= 0.3 is 5.97 Å². The molecule has 0 aromatic heterocycles. The maximum Gasteiger partial charge on any atom is 0.303 e. The minimum Gasteiger partial charge on any atom is -0.481 e. The Morgan fingerprint density at radius 3 is 2.27 bits per heavy atom. The van der Waals surface area contributed by atoms with E-state index in [9.17, 15) is 9.90 Å². The van der Waals surface area contributed by atoms with Crippen molar-refractivity contribution in [3.05, 3.63) is 119 Å². The number of carboxylic acids is 1. The van der Waals surface area contributed by atoms with E-state index in [4.69, 9.17) is 0 Å². The highest BCUT2D eigenvalue weighted by Crippen LogP contribution is 2.53. The van der Waals surface area contributed by atoms with Crippen molar-refractivity contribution < 1.29 is 9.90 Å². The average Bonchev–Trinajstić information content (AvgIpc) is 3.19. The topological polar surface area (TPSA) is 37.3 Å². The lowest BCUT2D eigenvalue weighted by atomic mass is 9.67. The fourth-order valence-corrected chi connectivity index (χ4v) is 4.79. The highest BCUT2D eigenvalue weighted by Gasteiger charge is 2.40. The standard InChI is InChI=1S/C28H22O2/c29-27(30)16-18-28(21-11-5-2-6-12-21)17-8-15-24-23-14-7-13-22(25(23)19-26(24)28)20-9-3-1-4-10-20/h1-15,17,19H,16,18H2,(H,29,30). The van der Waals surface area contributed by atoms with Crippen molar-refractivity contribution in [3.63, 3.8) is 0 Å². The first-order valence-corrected chi connectivity index (χ1v) is 10.3. The summed E-state index contributed by atoms with van der Waals surface area (Å²) in [4.78, 5) is 11.5. The van der Waals surface area contributed by atoms with Crippen molar-refractivity contribution in [1.29, 1.82) is 0 Å². The molecule has 0 aliphatic heterocycles. The Hall–Kier alpha value is -3.65. The lowest BCUT2D eigenvalue weighted by Crippen LogP contribution is -2.28. The average molecular weight is 390 g/mol. The summed E-state index contributed by atoms with van der Waals surface area (Å²) in [5.41, 5.74) is 7.89. The van der Waals surface area contributed by atoms with Gasteiger partial charge in [0.15, 0.2) is 0 Å². The van der Waals surface area contributed by atoms with E-state index < -0.39 is 11.4 Å².